The zero-order chi connectivity index (χ0) is 13.7. The molecule has 0 fully saturated rings. The van der Waals surface area contributed by atoms with E-state index >= 15 is 0 Å². The third kappa shape index (κ3) is 4.24. The quantitative estimate of drug-likeness (QED) is 0.817. The van der Waals surface area contributed by atoms with E-state index in [-0.39, 0.29) is 6.42 Å². The first-order chi connectivity index (χ1) is 9.15. The molecule has 0 atom stereocenters. The Morgan fingerprint density at radius 1 is 1.32 bits per heavy atom. The van der Waals surface area contributed by atoms with Gasteiger partial charge in [-0.1, -0.05) is 6.07 Å². The number of aryl methyl sites for hydroxylation is 2. The number of aliphatic carboxylic acids is 1. The standard InChI is InChI=1S/C15H21NO3/c1-16(8-7-15(17)18)9-10-19-14-6-5-12-3-2-4-13(12)11-14/h5-6,11H,2-4,7-10H2,1H3,(H,17,18). The van der Waals surface area contributed by atoms with Crippen LogP contribution >= 0.6 is 0 Å². The van der Waals surface area contributed by atoms with E-state index in [1.54, 1.807) is 0 Å². The first-order valence-electron chi connectivity index (χ1n) is 6.80. The minimum absolute atomic E-state index is 0.176. The van der Waals surface area contributed by atoms with Crippen LogP contribution in [0.25, 0.3) is 0 Å². The second kappa shape index (κ2) is 6.57. The van der Waals surface area contributed by atoms with Crippen molar-refractivity contribution in [3.63, 3.8) is 0 Å². The summed E-state index contributed by atoms with van der Waals surface area (Å²) >= 11 is 0. The highest BCUT2D eigenvalue weighted by molar-refractivity contribution is 5.66. The third-order valence-corrected chi connectivity index (χ3v) is 3.52. The predicted octanol–water partition coefficient (Wildman–Crippen LogP) is 1.96. The Balaban J connectivity index is 1.72. The molecule has 0 bridgehead atoms. The number of hydrogen-bond acceptors (Lipinski definition) is 3. The van der Waals surface area contributed by atoms with E-state index in [1.165, 1.54) is 24.0 Å². The molecular weight excluding hydrogens is 242 g/mol. The van der Waals surface area contributed by atoms with Gasteiger partial charge in [-0.05, 0) is 49.6 Å². The van der Waals surface area contributed by atoms with Crippen LogP contribution in [0.1, 0.15) is 24.0 Å². The first-order valence-corrected chi connectivity index (χ1v) is 6.80. The van der Waals surface area contributed by atoms with Crippen molar-refractivity contribution >= 4 is 5.97 Å². The van der Waals surface area contributed by atoms with Crippen LogP contribution in [-0.2, 0) is 17.6 Å². The van der Waals surface area contributed by atoms with Crippen LogP contribution in [0.4, 0.5) is 0 Å². The van der Waals surface area contributed by atoms with E-state index < -0.39 is 5.97 Å². The molecule has 0 heterocycles. The summed E-state index contributed by atoms with van der Waals surface area (Å²) in [6, 6.07) is 6.33. The van der Waals surface area contributed by atoms with Gasteiger partial charge >= 0.3 is 5.97 Å². The highest BCUT2D eigenvalue weighted by Crippen LogP contribution is 2.25. The number of carbonyl (C=O) groups is 1. The van der Waals surface area contributed by atoms with Crippen LogP contribution in [0.5, 0.6) is 5.75 Å². The monoisotopic (exact) mass is 263 g/mol. The second-order valence-electron chi connectivity index (χ2n) is 5.08. The smallest absolute Gasteiger partial charge is 0.304 e. The van der Waals surface area contributed by atoms with Gasteiger partial charge in [-0.3, -0.25) is 4.79 Å². The molecule has 1 aromatic rings. The molecule has 0 radical (unpaired) electrons. The van der Waals surface area contributed by atoms with Gasteiger partial charge in [-0.25, -0.2) is 0 Å². The molecule has 0 aromatic heterocycles. The van der Waals surface area contributed by atoms with Gasteiger partial charge in [0.2, 0.25) is 0 Å². The van der Waals surface area contributed by atoms with E-state index in [9.17, 15) is 4.79 Å². The van der Waals surface area contributed by atoms with Gasteiger partial charge in [0.15, 0.2) is 0 Å². The van der Waals surface area contributed by atoms with Crippen molar-refractivity contribution in [1.82, 2.24) is 4.90 Å². The number of carboxylic acids is 1. The van der Waals surface area contributed by atoms with Crippen LogP contribution in [0, 0.1) is 0 Å². The number of likely N-dealkylation sites (N-methyl/N-ethyl adjacent to an activating group) is 1. The van der Waals surface area contributed by atoms with Crippen molar-refractivity contribution in [2.75, 3.05) is 26.7 Å². The molecule has 0 unspecified atom stereocenters. The molecule has 19 heavy (non-hydrogen) atoms. The number of fused-ring (bicyclic) bond motifs is 1. The summed E-state index contributed by atoms with van der Waals surface area (Å²) in [6.45, 7) is 1.89. The molecule has 1 aliphatic rings. The minimum atomic E-state index is -0.758. The van der Waals surface area contributed by atoms with E-state index in [1.807, 2.05) is 18.0 Å². The highest BCUT2D eigenvalue weighted by Gasteiger charge is 2.11. The van der Waals surface area contributed by atoms with Crippen LogP contribution in [0.2, 0.25) is 0 Å². The lowest BCUT2D eigenvalue weighted by atomic mass is 10.1. The molecule has 0 spiro atoms. The van der Waals surface area contributed by atoms with Gasteiger partial charge in [-0.15, -0.1) is 0 Å². The van der Waals surface area contributed by atoms with E-state index in [2.05, 4.69) is 12.1 Å². The van der Waals surface area contributed by atoms with E-state index in [0.717, 1.165) is 18.7 Å². The van der Waals surface area contributed by atoms with Gasteiger partial charge in [-0.2, -0.15) is 0 Å². The predicted molar refractivity (Wildman–Crippen MR) is 73.7 cm³/mol. The van der Waals surface area contributed by atoms with Crippen molar-refractivity contribution in [2.45, 2.75) is 25.7 Å². The summed E-state index contributed by atoms with van der Waals surface area (Å²) in [5.74, 6) is 0.165. The fourth-order valence-electron chi connectivity index (χ4n) is 2.36. The highest BCUT2D eigenvalue weighted by atomic mass is 16.5. The molecule has 0 saturated carbocycles. The molecular formula is C15H21NO3. The Morgan fingerprint density at radius 3 is 2.89 bits per heavy atom. The van der Waals surface area contributed by atoms with Gasteiger partial charge in [0, 0.05) is 13.1 Å². The Bertz CT molecular complexity index is 445. The Morgan fingerprint density at radius 2 is 2.11 bits per heavy atom. The Kier molecular flexibility index (Phi) is 4.80. The van der Waals surface area contributed by atoms with Crippen LogP contribution in [-0.4, -0.2) is 42.7 Å². The third-order valence-electron chi connectivity index (χ3n) is 3.52. The maximum atomic E-state index is 10.4. The molecule has 1 N–H and O–H groups in total. The summed E-state index contributed by atoms with van der Waals surface area (Å²) < 4.78 is 5.72. The average molecular weight is 263 g/mol. The fourth-order valence-corrected chi connectivity index (χ4v) is 2.36. The van der Waals surface area contributed by atoms with Gasteiger partial charge in [0.1, 0.15) is 12.4 Å². The van der Waals surface area contributed by atoms with Gasteiger partial charge < -0.3 is 14.7 Å². The van der Waals surface area contributed by atoms with Gasteiger partial charge in [0.05, 0.1) is 6.42 Å². The lowest BCUT2D eigenvalue weighted by Crippen LogP contribution is -2.26. The molecule has 4 nitrogen and oxygen atoms in total. The van der Waals surface area contributed by atoms with Gasteiger partial charge in [0.25, 0.3) is 0 Å². The fraction of sp³-hybridized carbons (Fsp3) is 0.533. The Labute approximate surface area is 114 Å². The van der Waals surface area contributed by atoms with E-state index in [4.69, 9.17) is 9.84 Å². The SMILES string of the molecule is CN(CCOc1ccc2c(c1)CCC2)CCC(=O)O. The number of benzene rings is 1. The molecule has 2 rings (SSSR count). The number of rotatable bonds is 7. The van der Waals surface area contributed by atoms with Crippen LogP contribution in [0.3, 0.4) is 0 Å². The summed E-state index contributed by atoms with van der Waals surface area (Å²) in [5.41, 5.74) is 2.86. The topological polar surface area (TPSA) is 49.8 Å². The molecule has 0 aliphatic heterocycles. The zero-order valence-electron chi connectivity index (χ0n) is 11.4. The molecule has 0 saturated heterocycles. The van der Waals surface area contributed by atoms with Crippen molar-refractivity contribution in [1.29, 1.82) is 0 Å². The number of nitrogens with zero attached hydrogens (tertiary/aromatic N) is 1. The summed E-state index contributed by atoms with van der Waals surface area (Å²) in [6.07, 6.45) is 3.77. The average Bonchev–Trinajstić information content (AvgIpc) is 2.83. The lowest BCUT2D eigenvalue weighted by Gasteiger charge is -2.16. The molecule has 0 amide bonds. The minimum Gasteiger partial charge on any atom is -0.492 e. The summed E-state index contributed by atoms with van der Waals surface area (Å²) in [4.78, 5) is 12.4. The maximum absolute atomic E-state index is 10.4. The van der Waals surface area contributed by atoms with Crippen LogP contribution in [0.15, 0.2) is 18.2 Å². The molecule has 104 valence electrons. The summed E-state index contributed by atoms with van der Waals surface area (Å²) in [7, 11) is 1.91. The van der Waals surface area contributed by atoms with Crippen molar-refractivity contribution < 1.29 is 14.6 Å². The van der Waals surface area contributed by atoms with Crippen molar-refractivity contribution in [3.05, 3.63) is 29.3 Å². The first kappa shape index (κ1) is 13.9. The number of carboxylic acid groups (broad SMARTS) is 1. The second-order valence-corrected chi connectivity index (χ2v) is 5.08. The zero-order valence-corrected chi connectivity index (χ0v) is 11.4. The lowest BCUT2D eigenvalue weighted by molar-refractivity contribution is -0.137. The number of hydrogen-bond donors (Lipinski definition) is 1. The molecule has 1 aliphatic carbocycles. The maximum Gasteiger partial charge on any atom is 0.304 e. The Hall–Kier alpha value is -1.55. The number of ether oxygens (including phenoxy) is 1. The van der Waals surface area contributed by atoms with Crippen molar-refractivity contribution in [3.8, 4) is 5.75 Å². The van der Waals surface area contributed by atoms with Crippen molar-refractivity contribution in [2.24, 2.45) is 0 Å². The normalized spacial score (nSPS) is 13.6. The summed E-state index contributed by atoms with van der Waals surface area (Å²) in [5, 5.41) is 8.60. The molecule has 1 aromatic carbocycles. The van der Waals surface area contributed by atoms with Crippen LogP contribution < -0.4 is 4.74 Å². The van der Waals surface area contributed by atoms with E-state index in [0.29, 0.717) is 13.2 Å². The largest absolute Gasteiger partial charge is 0.492 e. The molecule has 4 heteroatoms.